The van der Waals surface area contributed by atoms with Crippen molar-refractivity contribution in [2.24, 2.45) is 5.73 Å². The molecule has 2 N–H and O–H groups in total. The van der Waals surface area contributed by atoms with Gasteiger partial charge in [-0.2, -0.15) is 0 Å². The van der Waals surface area contributed by atoms with E-state index < -0.39 is 18.2 Å². The summed E-state index contributed by atoms with van der Waals surface area (Å²) in [5.41, 5.74) is 6.25. The van der Waals surface area contributed by atoms with Crippen LogP contribution in [0.2, 0.25) is 0 Å². The van der Waals surface area contributed by atoms with Gasteiger partial charge in [-0.25, -0.2) is 4.39 Å². The Hall–Kier alpha value is -1.62. The zero-order valence-corrected chi connectivity index (χ0v) is 11.3. The number of benzene rings is 1. The average Bonchev–Trinajstić information content (AvgIpc) is 2.40. The molecular formula is C14H20FNO3. The fourth-order valence-corrected chi connectivity index (χ4v) is 1.72. The quantitative estimate of drug-likeness (QED) is 0.772. The van der Waals surface area contributed by atoms with Crippen LogP contribution in [0.5, 0.6) is 5.75 Å². The van der Waals surface area contributed by atoms with Gasteiger partial charge in [-0.05, 0) is 24.1 Å². The maximum absolute atomic E-state index is 13.3. The third-order valence-corrected chi connectivity index (χ3v) is 2.78. The Labute approximate surface area is 112 Å². The number of carbonyl (C=O) groups is 1. The zero-order valence-electron chi connectivity index (χ0n) is 11.3. The molecule has 2 unspecified atom stereocenters. The van der Waals surface area contributed by atoms with E-state index in [1.807, 2.05) is 6.92 Å². The molecule has 0 spiro atoms. The molecule has 0 heterocycles. The third kappa shape index (κ3) is 4.52. The minimum atomic E-state index is -1.57. The Bertz CT molecular complexity index is 411. The number of halogens is 1. The number of hydrogen-bond acceptors (Lipinski definition) is 4. The SMILES string of the molecule is CCCC(F)OC(=O)C(CN)c1cccc(OC)c1. The van der Waals surface area contributed by atoms with Gasteiger partial charge in [0.1, 0.15) is 5.75 Å². The molecule has 0 aliphatic rings. The summed E-state index contributed by atoms with van der Waals surface area (Å²) in [6.07, 6.45) is -0.764. The number of esters is 1. The fraction of sp³-hybridized carbons (Fsp3) is 0.500. The Morgan fingerprint density at radius 3 is 2.79 bits per heavy atom. The Morgan fingerprint density at radius 1 is 1.47 bits per heavy atom. The van der Waals surface area contributed by atoms with Crippen molar-refractivity contribution in [3.63, 3.8) is 0 Å². The molecule has 106 valence electrons. The lowest BCUT2D eigenvalue weighted by molar-refractivity contribution is -0.160. The molecule has 0 amide bonds. The van der Waals surface area contributed by atoms with Crippen LogP contribution < -0.4 is 10.5 Å². The van der Waals surface area contributed by atoms with Gasteiger partial charge in [0.2, 0.25) is 6.36 Å². The van der Waals surface area contributed by atoms with E-state index in [9.17, 15) is 9.18 Å². The van der Waals surface area contributed by atoms with Crippen LogP contribution >= 0.6 is 0 Å². The highest BCUT2D eigenvalue weighted by molar-refractivity contribution is 5.78. The highest BCUT2D eigenvalue weighted by Gasteiger charge is 2.23. The molecule has 0 bridgehead atoms. The summed E-state index contributed by atoms with van der Waals surface area (Å²) in [5.74, 6) is -0.698. The van der Waals surface area contributed by atoms with E-state index in [4.69, 9.17) is 15.2 Å². The van der Waals surface area contributed by atoms with Gasteiger partial charge >= 0.3 is 5.97 Å². The summed E-state index contributed by atoms with van der Waals surface area (Å²) in [7, 11) is 1.54. The monoisotopic (exact) mass is 269 g/mol. The van der Waals surface area contributed by atoms with Crippen molar-refractivity contribution >= 4 is 5.97 Å². The summed E-state index contributed by atoms with van der Waals surface area (Å²) < 4.78 is 23.1. The van der Waals surface area contributed by atoms with E-state index in [1.54, 1.807) is 24.3 Å². The van der Waals surface area contributed by atoms with E-state index in [2.05, 4.69) is 0 Å². The van der Waals surface area contributed by atoms with Crippen LogP contribution in [0.1, 0.15) is 31.2 Å². The lowest BCUT2D eigenvalue weighted by Gasteiger charge is -2.17. The predicted molar refractivity (Wildman–Crippen MR) is 70.7 cm³/mol. The van der Waals surface area contributed by atoms with Gasteiger partial charge in [0, 0.05) is 13.0 Å². The molecule has 19 heavy (non-hydrogen) atoms. The molecule has 0 aliphatic carbocycles. The number of methoxy groups -OCH3 is 1. The van der Waals surface area contributed by atoms with Gasteiger partial charge in [0.05, 0.1) is 13.0 Å². The Kier molecular flexibility index (Phi) is 6.29. The van der Waals surface area contributed by atoms with Crippen LogP contribution in [-0.4, -0.2) is 26.0 Å². The maximum Gasteiger partial charge on any atom is 0.317 e. The van der Waals surface area contributed by atoms with Crippen LogP contribution in [0.15, 0.2) is 24.3 Å². The van der Waals surface area contributed by atoms with Crippen molar-refractivity contribution in [1.82, 2.24) is 0 Å². The van der Waals surface area contributed by atoms with E-state index in [1.165, 1.54) is 7.11 Å². The standard InChI is InChI=1S/C14H20FNO3/c1-3-5-13(15)19-14(17)12(9-16)10-6-4-7-11(8-10)18-2/h4,6-8,12-13H,3,5,9,16H2,1-2H3. The van der Waals surface area contributed by atoms with Gasteiger partial charge in [-0.3, -0.25) is 4.79 Å². The highest BCUT2D eigenvalue weighted by atomic mass is 19.1. The van der Waals surface area contributed by atoms with Crippen LogP contribution in [0.25, 0.3) is 0 Å². The lowest BCUT2D eigenvalue weighted by Crippen LogP contribution is -2.26. The minimum absolute atomic E-state index is 0.0604. The normalized spacial score (nSPS) is 13.7. The molecular weight excluding hydrogens is 249 g/mol. The van der Waals surface area contributed by atoms with Crippen molar-refractivity contribution in [3.05, 3.63) is 29.8 Å². The van der Waals surface area contributed by atoms with E-state index in [0.29, 0.717) is 17.7 Å². The largest absolute Gasteiger partial charge is 0.497 e. The van der Waals surface area contributed by atoms with Crippen LogP contribution in [0, 0.1) is 0 Å². The van der Waals surface area contributed by atoms with Gasteiger partial charge in [0.15, 0.2) is 0 Å². The first-order valence-electron chi connectivity index (χ1n) is 6.31. The molecule has 0 aliphatic heterocycles. The highest BCUT2D eigenvalue weighted by Crippen LogP contribution is 2.22. The van der Waals surface area contributed by atoms with Crippen molar-refractivity contribution < 1.29 is 18.7 Å². The summed E-state index contributed by atoms with van der Waals surface area (Å²) in [6.45, 7) is 1.88. The first-order valence-corrected chi connectivity index (χ1v) is 6.31. The molecule has 1 aromatic rings. The van der Waals surface area contributed by atoms with E-state index in [0.717, 1.165) is 0 Å². The number of alkyl halides is 1. The molecule has 0 aromatic heterocycles. The van der Waals surface area contributed by atoms with Crippen molar-refractivity contribution in [3.8, 4) is 5.75 Å². The van der Waals surface area contributed by atoms with E-state index >= 15 is 0 Å². The molecule has 0 fully saturated rings. The first kappa shape index (κ1) is 15.4. The lowest BCUT2D eigenvalue weighted by atomic mass is 9.99. The molecule has 5 heteroatoms. The third-order valence-electron chi connectivity index (χ3n) is 2.78. The van der Waals surface area contributed by atoms with Crippen molar-refractivity contribution in [2.45, 2.75) is 32.0 Å². The number of hydrogen-bond donors (Lipinski definition) is 1. The zero-order chi connectivity index (χ0) is 14.3. The second-order valence-electron chi connectivity index (χ2n) is 4.20. The van der Waals surface area contributed by atoms with Crippen LogP contribution in [-0.2, 0) is 9.53 Å². The summed E-state index contributed by atoms with van der Waals surface area (Å²) in [4.78, 5) is 11.9. The molecule has 0 saturated carbocycles. The average molecular weight is 269 g/mol. The smallest absolute Gasteiger partial charge is 0.317 e. The van der Waals surface area contributed by atoms with Crippen molar-refractivity contribution in [2.75, 3.05) is 13.7 Å². The van der Waals surface area contributed by atoms with Crippen molar-refractivity contribution in [1.29, 1.82) is 0 Å². The molecule has 0 saturated heterocycles. The molecule has 2 atom stereocenters. The number of carbonyl (C=O) groups excluding carboxylic acids is 1. The molecule has 1 rings (SSSR count). The van der Waals surface area contributed by atoms with Crippen LogP contribution in [0.3, 0.4) is 0 Å². The summed E-state index contributed by atoms with van der Waals surface area (Å²) in [6, 6.07) is 6.96. The van der Waals surface area contributed by atoms with Gasteiger partial charge in [-0.1, -0.05) is 19.1 Å². The fourth-order valence-electron chi connectivity index (χ4n) is 1.72. The predicted octanol–water partition coefficient (Wildman–Crippen LogP) is 2.38. The second kappa shape index (κ2) is 7.74. The number of nitrogens with two attached hydrogens (primary N) is 1. The topological polar surface area (TPSA) is 61.5 Å². The molecule has 4 nitrogen and oxygen atoms in total. The van der Waals surface area contributed by atoms with Crippen LogP contribution in [0.4, 0.5) is 4.39 Å². The summed E-state index contributed by atoms with van der Waals surface area (Å²) in [5, 5.41) is 0. The molecule has 1 aromatic carbocycles. The van der Waals surface area contributed by atoms with E-state index in [-0.39, 0.29) is 13.0 Å². The molecule has 0 radical (unpaired) electrons. The number of rotatable bonds is 7. The second-order valence-corrected chi connectivity index (χ2v) is 4.20. The Balaban J connectivity index is 2.78. The minimum Gasteiger partial charge on any atom is -0.497 e. The van der Waals surface area contributed by atoms with Gasteiger partial charge in [-0.15, -0.1) is 0 Å². The maximum atomic E-state index is 13.3. The number of ether oxygens (including phenoxy) is 2. The summed E-state index contributed by atoms with van der Waals surface area (Å²) >= 11 is 0. The van der Waals surface area contributed by atoms with Gasteiger partial charge < -0.3 is 15.2 Å². The Morgan fingerprint density at radius 2 is 2.21 bits per heavy atom. The first-order chi connectivity index (χ1) is 9.12. The van der Waals surface area contributed by atoms with Gasteiger partial charge in [0.25, 0.3) is 0 Å².